The molecule has 0 radical (unpaired) electrons. The van der Waals surface area contributed by atoms with Gasteiger partial charge in [0.2, 0.25) is 0 Å². The molecule has 2 rings (SSSR count). The van der Waals surface area contributed by atoms with E-state index in [0.29, 0.717) is 11.2 Å². The Kier molecular flexibility index (Phi) is 3.22. The van der Waals surface area contributed by atoms with Crippen molar-refractivity contribution < 1.29 is 0 Å². The molecule has 1 aromatic rings. The Morgan fingerprint density at radius 3 is 2.65 bits per heavy atom. The molecule has 4 heteroatoms. The Balaban J connectivity index is 2.13. The Hall–Kier alpha value is -1.32. The smallest absolute Gasteiger partial charge is 0.134 e. The van der Waals surface area contributed by atoms with Gasteiger partial charge in [-0.25, -0.2) is 9.97 Å². The molecule has 1 heterocycles. The molecule has 0 bridgehead atoms. The minimum atomic E-state index is 0.469. The van der Waals surface area contributed by atoms with E-state index < -0.39 is 0 Å². The van der Waals surface area contributed by atoms with Crippen LogP contribution in [0.25, 0.3) is 0 Å². The third-order valence-electron chi connectivity index (χ3n) is 3.49. The molecule has 3 N–H and O–H groups in total. The average molecular weight is 234 g/mol. The Morgan fingerprint density at radius 2 is 2.06 bits per heavy atom. The highest BCUT2D eigenvalue weighted by molar-refractivity contribution is 5.54. The quantitative estimate of drug-likeness (QED) is 0.821. The minimum absolute atomic E-state index is 0.469. The second-order valence-corrected chi connectivity index (χ2v) is 5.41. The van der Waals surface area contributed by atoms with E-state index in [0.717, 1.165) is 36.6 Å². The van der Waals surface area contributed by atoms with Crippen LogP contribution in [0.2, 0.25) is 0 Å². The second kappa shape index (κ2) is 4.51. The van der Waals surface area contributed by atoms with Gasteiger partial charge in [-0.05, 0) is 31.6 Å². The van der Waals surface area contributed by atoms with Crippen molar-refractivity contribution >= 4 is 11.6 Å². The van der Waals surface area contributed by atoms with Crippen LogP contribution in [-0.2, 0) is 6.42 Å². The molecule has 1 fully saturated rings. The fourth-order valence-corrected chi connectivity index (χ4v) is 1.78. The van der Waals surface area contributed by atoms with E-state index in [1.165, 1.54) is 12.8 Å². The number of anilines is 2. The van der Waals surface area contributed by atoms with Gasteiger partial charge in [0.1, 0.15) is 17.5 Å². The first-order valence-electron chi connectivity index (χ1n) is 6.41. The number of nitrogens with two attached hydrogens (primary N) is 1. The number of nitrogen functional groups attached to an aromatic ring is 1. The van der Waals surface area contributed by atoms with Gasteiger partial charge in [-0.1, -0.05) is 13.8 Å². The highest BCUT2D eigenvalue weighted by Crippen LogP contribution is 2.44. The van der Waals surface area contributed by atoms with Gasteiger partial charge in [0.05, 0.1) is 0 Å². The Labute approximate surface area is 103 Å². The van der Waals surface area contributed by atoms with Gasteiger partial charge in [-0.15, -0.1) is 0 Å². The molecule has 1 aliphatic rings. The van der Waals surface area contributed by atoms with Crippen LogP contribution in [0.4, 0.5) is 11.6 Å². The SMILES string of the molecule is CCCc1nc(N)c(C)c(NCC2(C)CC2)n1. The fraction of sp³-hybridized carbons (Fsp3) is 0.692. The minimum Gasteiger partial charge on any atom is -0.383 e. The molecule has 0 aliphatic heterocycles. The molecule has 0 unspecified atom stereocenters. The van der Waals surface area contributed by atoms with Crippen LogP contribution in [0, 0.1) is 12.3 Å². The zero-order chi connectivity index (χ0) is 12.5. The molecule has 0 atom stereocenters. The summed E-state index contributed by atoms with van der Waals surface area (Å²) in [5, 5.41) is 3.42. The first-order chi connectivity index (χ1) is 8.04. The number of nitrogens with zero attached hydrogens (tertiary/aromatic N) is 2. The molecule has 0 aromatic carbocycles. The fourth-order valence-electron chi connectivity index (χ4n) is 1.78. The lowest BCUT2D eigenvalue weighted by Gasteiger charge is -2.14. The lowest BCUT2D eigenvalue weighted by molar-refractivity contribution is 0.608. The summed E-state index contributed by atoms with van der Waals surface area (Å²) in [4.78, 5) is 8.86. The number of aromatic nitrogens is 2. The first kappa shape index (κ1) is 12.1. The van der Waals surface area contributed by atoms with E-state index in [2.05, 4.69) is 29.1 Å². The maximum atomic E-state index is 5.92. The highest BCUT2D eigenvalue weighted by atomic mass is 15.1. The van der Waals surface area contributed by atoms with Crippen molar-refractivity contribution in [3.05, 3.63) is 11.4 Å². The van der Waals surface area contributed by atoms with Crippen molar-refractivity contribution in [2.75, 3.05) is 17.6 Å². The van der Waals surface area contributed by atoms with Crippen molar-refractivity contribution in [3.63, 3.8) is 0 Å². The van der Waals surface area contributed by atoms with E-state index in [4.69, 9.17) is 5.73 Å². The van der Waals surface area contributed by atoms with Crippen LogP contribution in [0.3, 0.4) is 0 Å². The van der Waals surface area contributed by atoms with E-state index in [-0.39, 0.29) is 0 Å². The summed E-state index contributed by atoms with van der Waals surface area (Å²) in [6.45, 7) is 7.38. The summed E-state index contributed by atoms with van der Waals surface area (Å²) in [7, 11) is 0. The molecule has 0 spiro atoms. The van der Waals surface area contributed by atoms with Crippen LogP contribution < -0.4 is 11.1 Å². The van der Waals surface area contributed by atoms with E-state index in [1.54, 1.807) is 0 Å². The maximum Gasteiger partial charge on any atom is 0.134 e. The maximum absolute atomic E-state index is 5.92. The zero-order valence-electron chi connectivity index (χ0n) is 11.0. The molecule has 4 nitrogen and oxygen atoms in total. The Morgan fingerprint density at radius 1 is 1.35 bits per heavy atom. The topological polar surface area (TPSA) is 63.8 Å². The molecule has 17 heavy (non-hydrogen) atoms. The molecule has 1 saturated carbocycles. The van der Waals surface area contributed by atoms with Crippen molar-refractivity contribution in [1.29, 1.82) is 0 Å². The summed E-state index contributed by atoms with van der Waals surface area (Å²) in [5.74, 6) is 2.36. The van der Waals surface area contributed by atoms with Crippen LogP contribution in [0.5, 0.6) is 0 Å². The van der Waals surface area contributed by atoms with Crippen molar-refractivity contribution in [1.82, 2.24) is 9.97 Å². The number of aryl methyl sites for hydroxylation is 1. The van der Waals surface area contributed by atoms with Gasteiger partial charge in [0, 0.05) is 18.5 Å². The molecule has 0 amide bonds. The van der Waals surface area contributed by atoms with Crippen LogP contribution in [0.15, 0.2) is 0 Å². The van der Waals surface area contributed by atoms with E-state index in [1.807, 2.05) is 6.92 Å². The molecule has 1 aromatic heterocycles. The zero-order valence-corrected chi connectivity index (χ0v) is 11.0. The van der Waals surface area contributed by atoms with Crippen LogP contribution in [0.1, 0.15) is 44.5 Å². The molecule has 94 valence electrons. The summed E-state index contributed by atoms with van der Waals surface area (Å²) in [5.41, 5.74) is 7.35. The van der Waals surface area contributed by atoms with Crippen LogP contribution >= 0.6 is 0 Å². The first-order valence-corrected chi connectivity index (χ1v) is 6.41. The van der Waals surface area contributed by atoms with Crippen molar-refractivity contribution in [2.45, 2.75) is 46.5 Å². The third kappa shape index (κ3) is 2.87. The van der Waals surface area contributed by atoms with Crippen molar-refractivity contribution in [2.24, 2.45) is 5.41 Å². The normalized spacial score (nSPS) is 16.9. The number of rotatable bonds is 5. The number of nitrogens with one attached hydrogen (secondary N) is 1. The third-order valence-corrected chi connectivity index (χ3v) is 3.49. The summed E-state index contributed by atoms with van der Waals surface area (Å²) in [6, 6.07) is 0. The van der Waals surface area contributed by atoms with E-state index in [9.17, 15) is 0 Å². The largest absolute Gasteiger partial charge is 0.383 e. The molecule has 1 aliphatic carbocycles. The highest BCUT2D eigenvalue weighted by Gasteiger charge is 2.37. The lowest BCUT2D eigenvalue weighted by atomic mass is 10.1. The van der Waals surface area contributed by atoms with Crippen LogP contribution in [-0.4, -0.2) is 16.5 Å². The molecule has 0 saturated heterocycles. The Bertz CT molecular complexity index is 410. The second-order valence-electron chi connectivity index (χ2n) is 5.41. The van der Waals surface area contributed by atoms with Crippen molar-refractivity contribution in [3.8, 4) is 0 Å². The average Bonchev–Trinajstić information content (AvgIpc) is 3.01. The predicted octanol–water partition coefficient (Wildman–Crippen LogP) is 2.53. The van der Waals surface area contributed by atoms with Gasteiger partial charge in [-0.2, -0.15) is 0 Å². The number of hydrogen-bond donors (Lipinski definition) is 2. The molecular formula is C13H22N4. The van der Waals surface area contributed by atoms with Gasteiger partial charge in [-0.3, -0.25) is 0 Å². The summed E-state index contributed by atoms with van der Waals surface area (Å²) < 4.78 is 0. The monoisotopic (exact) mass is 234 g/mol. The lowest BCUT2D eigenvalue weighted by Crippen LogP contribution is -2.15. The summed E-state index contributed by atoms with van der Waals surface area (Å²) >= 11 is 0. The van der Waals surface area contributed by atoms with E-state index >= 15 is 0 Å². The van der Waals surface area contributed by atoms with Gasteiger partial charge >= 0.3 is 0 Å². The predicted molar refractivity (Wildman–Crippen MR) is 71.0 cm³/mol. The summed E-state index contributed by atoms with van der Waals surface area (Å²) in [6.07, 6.45) is 4.54. The van der Waals surface area contributed by atoms with Gasteiger partial charge in [0.25, 0.3) is 0 Å². The number of hydrogen-bond acceptors (Lipinski definition) is 4. The van der Waals surface area contributed by atoms with Gasteiger partial charge in [0.15, 0.2) is 0 Å². The standard InChI is InChI=1S/C13H22N4/c1-4-5-10-16-11(14)9(2)12(17-10)15-8-13(3)6-7-13/h4-8H2,1-3H3,(H3,14,15,16,17). The molecular weight excluding hydrogens is 212 g/mol. The van der Waals surface area contributed by atoms with Gasteiger partial charge < -0.3 is 11.1 Å².